The first-order valence-corrected chi connectivity index (χ1v) is 55.9. The van der Waals surface area contributed by atoms with Crippen molar-refractivity contribution in [3.05, 3.63) is 186 Å². The molecule has 22 rings (SSSR count). The summed E-state index contributed by atoms with van der Waals surface area (Å²) in [7, 11) is -19.2. The Morgan fingerprint density at radius 3 is 0.985 bits per heavy atom. The van der Waals surface area contributed by atoms with E-state index in [1.54, 1.807) is 80.8 Å². The van der Waals surface area contributed by atoms with E-state index in [4.69, 9.17) is 23.3 Å². The second-order valence-electron chi connectivity index (χ2n) is 37.6. The van der Waals surface area contributed by atoms with Gasteiger partial charge in [-0.15, -0.1) is 0 Å². The number of sulfone groups is 2. The molecule has 11 aliphatic rings. The third-order valence-electron chi connectivity index (χ3n) is 28.1. The first-order chi connectivity index (χ1) is 65.9. The molecule has 137 heavy (non-hydrogen) atoms. The van der Waals surface area contributed by atoms with Crippen molar-refractivity contribution >= 4 is 169 Å². The van der Waals surface area contributed by atoms with Gasteiger partial charge in [-0.25, -0.2) is 67.2 Å². The normalized spacial score (nSPS) is 20.7. The lowest BCUT2D eigenvalue weighted by atomic mass is 9.66. The van der Waals surface area contributed by atoms with Gasteiger partial charge in [0, 0.05) is 144 Å². The molecule has 0 radical (unpaired) electrons. The number of fused-ring (bicyclic) bond motifs is 15. The molecule has 8 aliphatic heterocycles. The average molecular weight is 1960 g/mol. The van der Waals surface area contributed by atoms with Gasteiger partial charge in [0.2, 0.25) is 20.0 Å². The maximum absolute atomic E-state index is 12.9. The minimum Gasteiger partial charge on any atom is -0.531 e. The highest BCUT2D eigenvalue weighted by Gasteiger charge is 2.45. The Balaban J connectivity index is 0.000000114. The van der Waals surface area contributed by atoms with E-state index in [0.717, 1.165) is 181 Å². The zero-order valence-corrected chi connectivity index (χ0v) is 81.2. The van der Waals surface area contributed by atoms with Gasteiger partial charge in [0.1, 0.15) is 57.0 Å². The highest BCUT2D eigenvalue weighted by molar-refractivity contribution is 7.91. The van der Waals surface area contributed by atoms with Gasteiger partial charge < -0.3 is 73.3 Å². The molecule has 0 unspecified atom stereocenters. The summed E-state index contributed by atoms with van der Waals surface area (Å²) in [6.07, 6.45) is 30.6. The average Bonchev–Trinajstić information content (AvgIpc) is 1.74. The van der Waals surface area contributed by atoms with Gasteiger partial charge in [0.15, 0.2) is 19.7 Å². The highest BCUT2D eigenvalue weighted by atomic mass is 32.2. The van der Waals surface area contributed by atoms with Crippen LogP contribution >= 0.6 is 0 Å². The number of nitrogens with one attached hydrogen (secondary N) is 5. The van der Waals surface area contributed by atoms with E-state index in [1.165, 1.54) is 4.31 Å². The maximum atomic E-state index is 12.9. The van der Waals surface area contributed by atoms with Gasteiger partial charge in [-0.3, -0.25) is 0 Å². The zero-order valence-electron chi connectivity index (χ0n) is 77.1. The lowest BCUT2D eigenvalue weighted by Crippen LogP contribution is -2.46. The van der Waals surface area contributed by atoms with Crippen LogP contribution in [0.2, 0.25) is 0 Å². The van der Waals surface area contributed by atoms with Gasteiger partial charge in [-0.2, -0.15) is 17.0 Å². The number of piperidine rings is 3. The van der Waals surface area contributed by atoms with Crippen molar-refractivity contribution in [1.82, 2.24) is 67.1 Å². The standard InChI is InChI=1S/C22H24BN3O4S.C18H25BN4O4S.C18H24BN3O4S.C18H21BN2O4S.C17H21BN2O4S/c27-23-14-19(21-18-6-10-24-22(18)25-15-20(21)30-23)17-7-11-26(12-8-17)31(28,29)13-9-16-4-2-1-3-5-16;1-3-8-22(2)28(25,26)23-9-5-13(6-10-23)15-11-19(24)27-16-12-21-18-14(17(15)16)4-7-20-18;1-2-3-10-27(24,25)22-8-5-13(6-9-22)15-11-19(23)26-16-12-21-18-14(17(15)16)4-7-20-18;22-19-7-15(17-14-3-4-20-18(14)21-8-16(17)25-19)13-5-12(6-13)10-26(23,24)9-11-1-2-11;1-2-5-25(22,23)10-11-6-12(7-11)14-8-18(21)24-15-9-20-17-13(16(14)15)3-4-19-17/h1-6,10,14-15,17,27H,7-9,11-13H2,(H,24,25);4,7,11-13,24H,3,5-6,8-10H2,1-2H3,(H,20,21);4,7,11-13,23H,2-3,5-6,8-10H2,1H3,(H,20,21);3-4,7-8,11-13,22H,1-2,5-6,9-10H2,(H,20,21);3-4,8-9,11-12,21H,2,5-7,10H2,1H3,(H,19,20). The first-order valence-electron chi connectivity index (χ1n) is 47.6. The van der Waals surface area contributed by atoms with Crippen molar-refractivity contribution in [1.29, 1.82) is 0 Å². The Kier molecular flexibility index (Phi) is 29.2. The third kappa shape index (κ3) is 21.7. The number of pyridine rings is 5. The number of aryl methyl sites for hydroxylation is 1. The van der Waals surface area contributed by atoms with Gasteiger partial charge >= 0.3 is 35.6 Å². The number of H-pyrrole nitrogens is 5. The number of allylic oxidation sites excluding steroid dienone is 5. The number of aromatic amines is 5. The van der Waals surface area contributed by atoms with Gasteiger partial charge in [-0.05, 0) is 244 Å². The van der Waals surface area contributed by atoms with Crippen LogP contribution in [0.25, 0.3) is 83.0 Å². The second-order valence-corrected chi connectivity index (χ2v) is 48.2. The Labute approximate surface area is 799 Å². The highest BCUT2D eigenvalue weighted by Crippen LogP contribution is 2.53. The number of rotatable bonds is 25. The predicted molar refractivity (Wildman–Crippen MR) is 533 cm³/mol. The number of nitrogens with zero attached hydrogens (tertiary/aromatic N) is 9. The van der Waals surface area contributed by atoms with Crippen molar-refractivity contribution in [2.75, 3.05) is 87.4 Å². The molecule has 34 nitrogen and oxygen atoms in total. The molecule has 11 aromatic rings. The Bertz CT molecular complexity index is 7020. The Morgan fingerprint density at radius 1 is 0.365 bits per heavy atom. The summed E-state index contributed by atoms with van der Waals surface area (Å²) in [6, 6.07) is 19.5. The van der Waals surface area contributed by atoms with E-state index >= 15 is 0 Å². The summed E-state index contributed by atoms with van der Waals surface area (Å²) >= 11 is 0. The molecule has 722 valence electrons. The molecule has 10 N–H and O–H groups in total. The summed E-state index contributed by atoms with van der Waals surface area (Å²) < 4.78 is 159. The van der Waals surface area contributed by atoms with Crippen LogP contribution in [0.15, 0.2) is 153 Å². The fourth-order valence-electron chi connectivity index (χ4n) is 21.1. The zero-order chi connectivity index (χ0) is 95.8. The number of hydrogen-bond acceptors (Lipinski definition) is 25. The molecule has 10 aromatic heterocycles. The van der Waals surface area contributed by atoms with Crippen LogP contribution in [0.4, 0.5) is 0 Å². The second kappa shape index (κ2) is 41.1. The molecule has 6 fully saturated rings. The summed E-state index contributed by atoms with van der Waals surface area (Å²) in [6.45, 7) is 9.29. The number of sulfonamides is 2. The van der Waals surface area contributed by atoms with Gasteiger partial charge in [-0.1, -0.05) is 57.5 Å². The predicted octanol–water partition coefficient (Wildman–Crippen LogP) is 10.9. The first kappa shape index (κ1) is 97.3. The molecular formula is C93H115B5N14O20S5. The molecule has 3 saturated heterocycles. The van der Waals surface area contributed by atoms with Crippen LogP contribution in [0.5, 0.6) is 28.7 Å². The summed E-state index contributed by atoms with van der Waals surface area (Å²) in [5.74, 6) is 15.0. The van der Waals surface area contributed by atoms with E-state index in [0.29, 0.717) is 137 Å². The van der Waals surface area contributed by atoms with Crippen LogP contribution in [-0.2, 0) is 56.4 Å². The van der Waals surface area contributed by atoms with Crippen LogP contribution in [-0.4, -0.2) is 257 Å². The number of benzene rings is 1. The molecule has 0 amide bonds. The van der Waals surface area contributed by atoms with Crippen molar-refractivity contribution in [2.45, 2.75) is 130 Å². The smallest absolute Gasteiger partial charge is 0.531 e. The fourth-order valence-corrected chi connectivity index (χ4v) is 29.7. The number of unbranched alkanes of at least 4 members (excludes halogenated alkanes) is 1. The molecule has 18 heterocycles. The monoisotopic (exact) mass is 1960 g/mol. The van der Waals surface area contributed by atoms with E-state index in [9.17, 15) is 67.2 Å². The van der Waals surface area contributed by atoms with E-state index < -0.39 is 85.5 Å². The summed E-state index contributed by atoms with van der Waals surface area (Å²) in [5.41, 5.74) is 14.9. The van der Waals surface area contributed by atoms with Crippen molar-refractivity contribution < 1.29 is 90.5 Å². The number of hydrogen-bond donors (Lipinski definition) is 10. The van der Waals surface area contributed by atoms with Gasteiger partial charge in [0.05, 0.1) is 59.7 Å². The number of aromatic nitrogens is 10. The maximum Gasteiger partial charge on any atom is 0.552 e. The largest absolute Gasteiger partial charge is 0.552 e. The Morgan fingerprint density at radius 2 is 0.672 bits per heavy atom. The van der Waals surface area contributed by atoms with Crippen LogP contribution in [0.1, 0.15) is 157 Å². The fraction of sp³-hybridized carbons (Fsp3) is 0.452. The van der Waals surface area contributed by atoms with E-state index in [1.807, 2.05) is 112 Å². The van der Waals surface area contributed by atoms with E-state index in [-0.39, 0.29) is 64.4 Å². The van der Waals surface area contributed by atoms with Crippen molar-refractivity contribution in [3.8, 4) is 28.7 Å². The molecule has 1 aromatic carbocycles. The minimum atomic E-state index is -3.42. The van der Waals surface area contributed by atoms with Gasteiger partial charge in [0.25, 0.3) is 10.2 Å². The molecule has 3 saturated carbocycles. The quantitative estimate of drug-likeness (QED) is 0.0238. The molecule has 0 bridgehead atoms. The van der Waals surface area contributed by atoms with Crippen molar-refractivity contribution in [3.63, 3.8) is 0 Å². The topological polar surface area (TPSA) is 474 Å². The van der Waals surface area contributed by atoms with Crippen LogP contribution in [0.3, 0.4) is 0 Å². The molecule has 0 atom stereocenters. The SMILES string of the molecule is CCCCS(=O)(=O)N1CCC(C2=CB(O)Oc3cnc4[nH]ccc4c32)CC1.CCCN(C)S(=O)(=O)N1CCC(C2=CB(O)Oc3cnc4[nH]ccc4c32)CC1.CCCS(=O)(=O)CC1CC(C2=CB(O)Oc3cnc4[nH]ccc4c32)C1.O=S(=O)(CC1CC1)CC1CC(C2=CB(O)Oc3cnc4[nH]ccc4c32)C1.O=S(=O)(CCc1ccccc1)N1CCC(C2=CB(O)Oc3cnc4[nH]ccc4c32)CC1. The summed E-state index contributed by atoms with van der Waals surface area (Å²) in [5, 5.41) is 55.3. The van der Waals surface area contributed by atoms with Crippen LogP contribution in [0, 0.1) is 47.3 Å². The third-order valence-corrected chi connectivity index (χ3v) is 37.8. The van der Waals surface area contributed by atoms with E-state index in [2.05, 4.69) is 49.8 Å². The lowest BCUT2D eigenvalue weighted by molar-refractivity contribution is 0.272. The molecule has 44 heteroatoms. The minimum absolute atomic E-state index is 0.120. The summed E-state index contributed by atoms with van der Waals surface area (Å²) in [4.78, 5) is 37.2. The Hall–Kier alpha value is -9.92. The molecule has 3 aliphatic carbocycles. The molecular weight excluding hydrogens is 1850 g/mol. The van der Waals surface area contributed by atoms with Crippen molar-refractivity contribution in [2.24, 2.45) is 47.3 Å². The van der Waals surface area contributed by atoms with Crippen LogP contribution < -0.4 is 23.3 Å². The lowest BCUT2D eigenvalue weighted by Gasteiger charge is -2.38. The molecule has 0 spiro atoms.